The number of nitrogens with zero attached hydrogens (tertiary/aromatic N) is 1. The van der Waals surface area contributed by atoms with Crippen LogP contribution < -0.4 is 0 Å². The minimum atomic E-state index is 0.182. The zero-order valence-electron chi connectivity index (χ0n) is 9.94. The first kappa shape index (κ1) is 10.4. The standard InChI is InChI=1S/C14H16N2O/c1-10(17)16(13-3-4-13)9-11-2-5-14-12(8-11)6-7-15-14/h2,5-8,13,15H,3-4,9H2,1H3. The molecule has 0 radical (unpaired) electrons. The Labute approximate surface area is 100 Å². The van der Waals surface area contributed by atoms with Gasteiger partial charge in [0.1, 0.15) is 0 Å². The number of H-pyrrole nitrogens is 1. The summed E-state index contributed by atoms with van der Waals surface area (Å²) in [6.07, 6.45) is 4.26. The van der Waals surface area contributed by atoms with Crippen molar-refractivity contribution in [2.45, 2.75) is 32.4 Å². The number of nitrogens with one attached hydrogen (secondary N) is 1. The van der Waals surface area contributed by atoms with Crippen molar-refractivity contribution < 1.29 is 4.79 Å². The van der Waals surface area contributed by atoms with Gasteiger partial charge in [0.25, 0.3) is 0 Å². The van der Waals surface area contributed by atoms with Gasteiger partial charge in [0, 0.05) is 31.2 Å². The molecule has 1 aliphatic rings. The molecule has 0 saturated heterocycles. The summed E-state index contributed by atoms with van der Waals surface area (Å²) in [6, 6.07) is 8.88. The molecule has 0 bridgehead atoms. The Morgan fingerprint density at radius 3 is 2.94 bits per heavy atom. The van der Waals surface area contributed by atoms with Gasteiger partial charge in [-0.25, -0.2) is 0 Å². The molecule has 1 fully saturated rings. The average Bonchev–Trinajstić information content (AvgIpc) is 3.03. The fraction of sp³-hybridized carbons (Fsp3) is 0.357. The summed E-state index contributed by atoms with van der Waals surface area (Å²) >= 11 is 0. The van der Waals surface area contributed by atoms with E-state index in [4.69, 9.17) is 0 Å². The molecule has 1 saturated carbocycles. The van der Waals surface area contributed by atoms with Gasteiger partial charge in [-0.2, -0.15) is 0 Å². The van der Waals surface area contributed by atoms with Crippen molar-refractivity contribution in [1.82, 2.24) is 9.88 Å². The maximum Gasteiger partial charge on any atom is 0.219 e. The molecular weight excluding hydrogens is 212 g/mol. The molecule has 1 aliphatic carbocycles. The molecule has 3 rings (SSSR count). The first-order chi connectivity index (χ1) is 8.24. The van der Waals surface area contributed by atoms with Gasteiger partial charge >= 0.3 is 0 Å². The molecule has 1 amide bonds. The van der Waals surface area contributed by atoms with Gasteiger partial charge in [-0.15, -0.1) is 0 Å². The van der Waals surface area contributed by atoms with E-state index >= 15 is 0 Å². The van der Waals surface area contributed by atoms with Crippen LogP contribution >= 0.6 is 0 Å². The first-order valence-electron chi connectivity index (χ1n) is 6.07. The average molecular weight is 228 g/mol. The van der Waals surface area contributed by atoms with Crippen molar-refractivity contribution >= 4 is 16.8 Å². The van der Waals surface area contributed by atoms with Crippen LogP contribution in [0, 0.1) is 0 Å². The van der Waals surface area contributed by atoms with E-state index in [1.165, 1.54) is 10.9 Å². The fourth-order valence-corrected chi connectivity index (χ4v) is 2.28. The minimum Gasteiger partial charge on any atom is -0.361 e. The molecule has 0 spiro atoms. The van der Waals surface area contributed by atoms with E-state index < -0.39 is 0 Å². The van der Waals surface area contributed by atoms with E-state index in [1.54, 1.807) is 6.92 Å². The molecule has 1 N–H and O–H groups in total. The van der Waals surface area contributed by atoms with Gasteiger partial charge in [0.15, 0.2) is 0 Å². The second-order valence-electron chi connectivity index (χ2n) is 4.78. The van der Waals surface area contributed by atoms with Crippen molar-refractivity contribution in [2.75, 3.05) is 0 Å². The third kappa shape index (κ3) is 2.05. The maximum atomic E-state index is 11.6. The van der Waals surface area contributed by atoms with Gasteiger partial charge in [-0.05, 0) is 42.0 Å². The Hall–Kier alpha value is -1.77. The van der Waals surface area contributed by atoms with Gasteiger partial charge in [0.2, 0.25) is 5.91 Å². The van der Waals surface area contributed by atoms with Crippen molar-refractivity contribution in [1.29, 1.82) is 0 Å². The molecule has 3 nitrogen and oxygen atoms in total. The van der Waals surface area contributed by atoms with Gasteiger partial charge in [-0.3, -0.25) is 4.79 Å². The summed E-state index contributed by atoms with van der Waals surface area (Å²) in [5, 5.41) is 1.21. The number of hydrogen-bond acceptors (Lipinski definition) is 1. The molecule has 3 heteroatoms. The lowest BCUT2D eigenvalue weighted by molar-refractivity contribution is -0.130. The van der Waals surface area contributed by atoms with Crippen LogP contribution in [0.4, 0.5) is 0 Å². The number of fused-ring (bicyclic) bond motifs is 1. The number of rotatable bonds is 3. The Bertz CT molecular complexity index is 554. The van der Waals surface area contributed by atoms with Crippen LogP contribution in [0.25, 0.3) is 10.9 Å². The van der Waals surface area contributed by atoms with Crippen molar-refractivity contribution in [3.63, 3.8) is 0 Å². The molecule has 17 heavy (non-hydrogen) atoms. The number of aromatic amines is 1. The number of aromatic nitrogens is 1. The molecule has 2 aromatic rings. The Morgan fingerprint density at radius 2 is 2.24 bits per heavy atom. The maximum absolute atomic E-state index is 11.6. The van der Waals surface area contributed by atoms with Crippen LogP contribution in [0.2, 0.25) is 0 Å². The Kier molecular flexibility index (Phi) is 2.39. The van der Waals surface area contributed by atoms with Crippen LogP contribution in [0.15, 0.2) is 30.5 Å². The molecule has 88 valence electrons. The largest absolute Gasteiger partial charge is 0.361 e. The SMILES string of the molecule is CC(=O)N(Cc1ccc2[nH]ccc2c1)C1CC1. The second kappa shape index (κ2) is 3.91. The van der Waals surface area contributed by atoms with Crippen molar-refractivity contribution in [2.24, 2.45) is 0 Å². The van der Waals surface area contributed by atoms with E-state index in [9.17, 15) is 4.79 Å². The molecule has 0 unspecified atom stereocenters. The normalized spacial score (nSPS) is 15.1. The van der Waals surface area contributed by atoms with Crippen molar-refractivity contribution in [3.8, 4) is 0 Å². The van der Waals surface area contributed by atoms with E-state index in [0.717, 1.165) is 24.9 Å². The lowest BCUT2D eigenvalue weighted by Crippen LogP contribution is -2.30. The highest BCUT2D eigenvalue weighted by atomic mass is 16.2. The predicted molar refractivity (Wildman–Crippen MR) is 67.5 cm³/mol. The number of benzene rings is 1. The number of hydrogen-bond donors (Lipinski definition) is 1. The first-order valence-corrected chi connectivity index (χ1v) is 6.07. The summed E-state index contributed by atoms with van der Waals surface area (Å²) in [5.74, 6) is 0.182. The van der Waals surface area contributed by atoms with Crippen molar-refractivity contribution in [3.05, 3.63) is 36.0 Å². The quantitative estimate of drug-likeness (QED) is 0.861. The monoisotopic (exact) mass is 228 g/mol. The number of carbonyl (C=O) groups is 1. The summed E-state index contributed by atoms with van der Waals surface area (Å²) in [5.41, 5.74) is 2.36. The van der Waals surface area contributed by atoms with Crippen LogP contribution in [-0.4, -0.2) is 21.8 Å². The van der Waals surface area contributed by atoms with Crippen LogP contribution in [-0.2, 0) is 11.3 Å². The van der Waals surface area contributed by atoms with Gasteiger partial charge < -0.3 is 9.88 Å². The number of amides is 1. The van der Waals surface area contributed by atoms with Gasteiger partial charge in [-0.1, -0.05) is 6.07 Å². The molecule has 1 aromatic heterocycles. The summed E-state index contributed by atoms with van der Waals surface area (Å²) in [6.45, 7) is 2.40. The highest BCUT2D eigenvalue weighted by molar-refractivity contribution is 5.80. The highest BCUT2D eigenvalue weighted by Crippen LogP contribution is 2.28. The zero-order valence-corrected chi connectivity index (χ0v) is 9.94. The van der Waals surface area contributed by atoms with Crippen LogP contribution in [0.5, 0.6) is 0 Å². The summed E-state index contributed by atoms with van der Waals surface area (Å²) in [7, 11) is 0. The third-order valence-electron chi connectivity index (χ3n) is 3.36. The fourth-order valence-electron chi connectivity index (χ4n) is 2.28. The number of carbonyl (C=O) groups excluding carboxylic acids is 1. The van der Waals surface area contributed by atoms with E-state index in [-0.39, 0.29) is 5.91 Å². The summed E-state index contributed by atoms with van der Waals surface area (Å²) < 4.78 is 0. The Morgan fingerprint density at radius 1 is 1.41 bits per heavy atom. The van der Waals surface area contributed by atoms with E-state index in [1.807, 2.05) is 11.1 Å². The third-order valence-corrected chi connectivity index (χ3v) is 3.36. The summed E-state index contributed by atoms with van der Waals surface area (Å²) in [4.78, 5) is 16.7. The van der Waals surface area contributed by atoms with Crippen LogP contribution in [0.3, 0.4) is 0 Å². The Balaban J connectivity index is 1.85. The topological polar surface area (TPSA) is 36.1 Å². The van der Waals surface area contributed by atoms with E-state index in [2.05, 4.69) is 29.2 Å². The zero-order chi connectivity index (χ0) is 11.8. The molecule has 1 heterocycles. The highest BCUT2D eigenvalue weighted by Gasteiger charge is 2.30. The lowest BCUT2D eigenvalue weighted by Gasteiger charge is -2.20. The van der Waals surface area contributed by atoms with Gasteiger partial charge in [0.05, 0.1) is 0 Å². The smallest absolute Gasteiger partial charge is 0.219 e. The molecule has 0 atom stereocenters. The molecular formula is C14H16N2O. The lowest BCUT2D eigenvalue weighted by atomic mass is 10.1. The van der Waals surface area contributed by atoms with Crippen LogP contribution in [0.1, 0.15) is 25.3 Å². The van der Waals surface area contributed by atoms with E-state index in [0.29, 0.717) is 6.04 Å². The predicted octanol–water partition coefficient (Wildman–Crippen LogP) is 2.68. The molecule has 0 aliphatic heterocycles. The minimum absolute atomic E-state index is 0.182. The molecule has 1 aromatic carbocycles. The second-order valence-corrected chi connectivity index (χ2v) is 4.78.